The number of hydrogen-bond donors (Lipinski definition) is 0. The zero-order valence-electron chi connectivity index (χ0n) is 13.3. The van der Waals surface area contributed by atoms with Crippen LogP contribution in [0, 0.1) is 10.1 Å². The van der Waals surface area contributed by atoms with Crippen LogP contribution in [0.3, 0.4) is 0 Å². The van der Waals surface area contributed by atoms with Gasteiger partial charge in [-0.25, -0.2) is 4.98 Å². The molecule has 26 heavy (non-hydrogen) atoms. The van der Waals surface area contributed by atoms with Crippen molar-refractivity contribution < 1.29 is 4.92 Å². The van der Waals surface area contributed by atoms with Crippen LogP contribution in [0.2, 0.25) is 0 Å². The van der Waals surface area contributed by atoms with Crippen LogP contribution < -0.4 is 0 Å². The molecule has 2 aromatic heterocycles. The van der Waals surface area contributed by atoms with E-state index < -0.39 is 0 Å². The molecular weight excluding hydrogens is 432 g/mol. The molecule has 0 aliphatic rings. The number of nitro groups is 1. The first-order chi connectivity index (χ1) is 12.6. The fourth-order valence-corrected chi connectivity index (χ4v) is 4.89. The predicted molar refractivity (Wildman–Crippen MR) is 111 cm³/mol. The number of hydrogen-bond acceptors (Lipinski definition) is 5. The lowest BCUT2D eigenvalue weighted by atomic mass is 10.0. The average molecular weight is 443 g/mol. The molecule has 2 heterocycles. The SMILES string of the molecule is O=[N+]([O-])c1ccccc1-c1ccc(-c2nc(-c3ccc(Br)s3)cs2)cc1. The zero-order chi connectivity index (χ0) is 18.1. The third kappa shape index (κ3) is 3.33. The molecule has 4 rings (SSSR count). The van der Waals surface area contributed by atoms with Crippen LogP contribution in [0.4, 0.5) is 5.69 Å². The largest absolute Gasteiger partial charge is 0.277 e. The first-order valence-electron chi connectivity index (χ1n) is 7.67. The van der Waals surface area contributed by atoms with Gasteiger partial charge in [0, 0.05) is 17.0 Å². The average Bonchev–Trinajstić information content (AvgIpc) is 3.31. The Labute approximate surface area is 166 Å². The molecule has 0 unspecified atom stereocenters. The number of aromatic nitrogens is 1. The van der Waals surface area contributed by atoms with Gasteiger partial charge in [0.15, 0.2) is 0 Å². The van der Waals surface area contributed by atoms with Crippen LogP contribution >= 0.6 is 38.6 Å². The zero-order valence-corrected chi connectivity index (χ0v) is 16.5. The predicted octanol–water partition coefficient (Wildman–Crippen LogP) is 6.88. The summed E-state index contributed by atoms with van der Waals surface area (Å²) in [4.78, 5) is 16.7. The topological polar surface area (TPSA) is 56.0 Å². The third-order valence-electron chi connectivity index (χ3n) is 3.87. The minimum absolute atomic E-state index is 0.111. The summed E-state index contributed by atoms with van der Waals surface area (Å²) in [5.74, 6) is 0. The fraction of sp³-hybridized carbons (Fsp3) is 0. The number of halogens is 1. The second-order valence-electron chi connectivity index (χ2n) is 5.49. The molecule has 128 valence electrons. The van der Waals surface area contributed by atoms with Gasteiger partial charge in [0.25, 0.3) is 5.69 Å². The monoisotopic (exact) mass is 442 g/mol. The smallest absolute Gasteiger partial charge is 0.258 e. The Morgan fingerprint density at radius 1 is 0.962 bits per heavy atom. The number of nitrogens with zero attached hydrogens (tertiary/aromatic N) is 2. The lowest BCUT2D eigenvalue weighted by Crippen LogP contribution is -1.91. The van der Waals surface area contributed by atoms with Crippen LogP contribution in [-0.2, 0) is 0 Å². The minimum atomic E-state index is -0.352. The van der Waals surface area contributed by atoms with Gasteiger partial charge in [0.1, 0.15) is 5.01 Å². The van der Waals surface area contributed by atoms with Crippen molar-refractivity contribution in [1.29, 1.82) is 0 Å². The van der Waals surface area contributed by atoms with E-state index in [1.54, 1.807) is 34.8 Å². The van der Waals surface area contributed by atoms with Crippen molar-refractivity contribution in [2.45, 2.75) is 0 Å². The van der Waals surface area contributed by atoms with E-state index in [1.165, 1.54) is 6.07 Å². The van der Waals surface area contributed by atoms with Crippen molar-refractivity contribution in [2.24, 2.45) is 0 Å². The highest BCUT2D eigenvalue weighted by Crippen LogP contribution is 2.36. The molecule has 0 N–H and O–H groups in total. The lowest BCUT2D eigenvalue weighted by Gasteiger charge is -2.04. The number of benzene rings is 2. The molecule has 0 aliphatic carbocycles. The molecule has 0 saturated heterocycles. The van der Waals surface area contributed by atoms with Gasteiger partial charge in [-0.15, -0.1) is 22.7 Å². The molecular formula is C19H11BrN2O2S2. The number of thiazole rings is 1. The summed E-state index contributed by atoms with van der Waals surface area (Å²) < 4.78 is 1.08. The van der Waals surface area contributed by atoms with E-state index in [-0.39, 0.29) is 10.6 Å². The summed E-state index contributed by atoms with van der Waals surface area (Å²) in [6.45, 7) is 0. The molecule has 0 bridgehead atoms. The maximum atomic E-state index is 11.2. The molecule has 0 aliphatic heterocycles. The first kappa shape index (κ1) is 17.1. The summed E-state index contributed by atoms with van der Waals surface area (Å²) in [6.07, 6.45) is 0. The van der Waals surface area contributed by atoms with Crippen LogP contribution in [-0.4, -0.2) is 9.91 Å². The van der Waals surface area contributed by atoms with Crippen molar-refractivity contribution in [2.75, 3.05) is 0 Å². The Morgan fingerprint density at radius 2 is 1.69 bits per heavy atom. The Morgan fingerprint density at radius 3 is 2.38 bits per heavy atom. The summed E-state index contributed by atoms with van der Waals surface area (Å²) in [5, 5.41) is 14.2. The van der Waals surface area contributed by atoms with E-state index in [9.17, 15) is 10.1 Å². The molecule has 7 heteroatoms. The van der Waals surface area contributed by atoms with Crippen molar-refractivity contribution in [3.63, 3.8) is 0 Å². The third-order valence-corrected chi connectivity index (χ3v) is 6.41. The molecule has 2 aromatic carbocycles. The molecule has 0 fully saturated rings. The van der Waals surface area contributed by atoms with Gasteiger partial charge in [0.05, 0.1) is 24.8 Å². The van der Waals surface area contributed by atoms with E-state index in [0.29, 0.717) is 5.56 Å². The number of rotatable bonds is 4. The van der Waals surface area contributed by atoms with Crippen LogP contribution in [0.1, 0.15) is 0 Å². The van der Waals surface area contributed by atoms with E-state index in [1.807, 2.05) is 47.8 Å². The van der Waals surface area contributed by atoms with E-state index in [2.05, 4.69) is 15.9 Å². The molecule has 0 amide bonds. The highest BCUT2D eigenvalue weighted by Gasteiger charge is 2.14. The molecule has 4 aromatic rings. The van der Waals surface area contributed by atoms with Crippen LogP contribution in [0.25, 0.3) is 32.3 Å². The van der Waals surface area contributed by atoms with Gasteiger partial charge in [0.2, 0.25) is 0 Å². The normalized spacial score (nSPS) is 10.8. The summed E-state index contributed by atoms with van der Waals surface area (Å²) >= 11 is 6.71. The van der Waals surface area contributed by atoms with Crippen LogP contribution in [0.5, 0.6) is 0 Å². The number of para-hydroxylation sites is 1. The van der Waals surface area contributed by atoms with Gasteiger partial charge in [-0.05, 0) is 39.7 Å². The highest BCUT2D eigenvalue weighted by molar-refractivity contribution is 9.11. The molecule has 0 radical (unpaired) electrons. The van der Waals surface area contributed by atoms with Gasteiger partial charge in [-0.2, -0.15) is 0 Å². The maximum absolute atomic E-state index is 11.2. The molecule has 0 saturated carbocycles. The Kier molecular flexibility index (Phi) is 4.67. The van der Waals surface area contributed by atoms with E-state index in [0.717, 1.165) is 30.5 Å². The van der Waals surface area contributed by atoms with Crippen LogP contribution in [0.15, 0.2) is 69.8 Å². The van der Waals surface area contributed by atoms with Gasteiger partial charge in [-0.1, -0.05) is 36.4 Å². The Bertz CT molecular complexity index is 1090. The Hall–Kier alpha value is -2.35. The summed E-state index contributed by atoms with van der Waals surface area (Å²) in [6, 6.07) is 18.6. The summed E-state index contributed by atoms with van der Waals surface area (Å²) in [7, 11) is 0. The summed E-state index contributed by atoms with van der Waals surface area (Å²) in [5.41, 5.74) is 3.51. The quantitative estimate of drug-likeness (QED) is 0.255. The molecule has 0 atom stereocenters. The Balaban J connectivity index is 1.65. The maximum Gasteiger partial charge on any atom is 0.277 e. The fourth-order valence-electron chi connectivity index (χ4n) is 2.64. The van der Waals surface area contributed by atoms with Crippen molar-refractivity contribution in [1.82, 2.24) is 4.98 Å². The second kappa shape index (κ2) is 7.11. The van der Waals surface area contributed by atoms with Crippen molar-refractivity contribution in [3.05, 3.63) is 79.9 Å². The second-order valence-corrected chi connectivity index (χ2v) is 8.81. The van der Waals surface area contributed by atoms with E-state index in [4.69, 9.17) is 4.98 Å². The van der Waals surface area contributed by atoms with Gasteiger partial charge < -0.3 is 0 Å². The van der Waals surface area contributed by atoms with E-state index >= 15 is 0 Å². The number of thiophene rings is 1. The molecule has 0 spiro atoms. The highest BCUT2D eigenvalue weighted by atomic mass is 79.9. The first-order valence-corrected chi connectivity index (χ1v) is 10.2. The number of nitro benzene ring substituents is 1. The van der Waals surface area contributed by atoms with Crippen molar-refractivity contribution in [3.8, 4) is 32.3 Å². The standard InChI is InChI=1S/C19H11BrN2O2S2/c20-18-10-9-17(26-18)15-11-25-19(21-15)13-7-5-12(6-8-13)14-3-1-2-4-16(14)22(23)24/h1-11H. The minimum Gasteiger partial charge on any atom is -0.258 e. The van der Waals surface area contributed by atoms with Gasteiger partial charge in [-0.3, -0.25) is 10.1 Å². The lowest BCUT2D eigenvalue weighted by molar-refractivity contribution is -0.384. The van der Waals surface area contributed by atoms with Crippen molar-refractivity contribution >= 4 is 44.3 Å². The van der Waals surface area contributed by atoms with Gasteiger partial charge >= 0.3 is 0 Å². The molecule has 4 nitrogen and oxygen atoms in total.